The molecule has 1 fully saturated rings. The van der Waals surface area contributed by atoms with Gasteiger partial charge >= 0.3 is 5.97 Å². The van der Waals surface area contributed by atoms with Crippen molar-refractivity contribution in [3.63, 3.8) is 0 Å². The molecular weight excluding hydrogens is 320 g/mol. The summed E-state index contributed by atoms with van der Waals surface area (Å²) in [4.78, 5) is 33.9. The maximum atomic E-state index is 12.1. The van der Waals surface area contributed by atoms with E-state index in [2.05, 4.69) is 5.32 Å². The maximum Gasteiger partial charge on any atom is 0.326 e. The molecule has 2 N–H and O–H groups in total. The minimum Gasteiger partial charge on any atom is -0.496 e. The molecule has 0 spiro atoms. The predicted molar refractivity (Wildman–Crippen MR) is 81.8 cm³/mol. The first-order valence-electron chi connectivity index (χ1n) is 7.34. The summed E-state index contributed by atoms with van der Waals surface area (Å²) in [6, 6.07) is 2.71. The average molecular weight is 338 g/mol. The highest BCUT2D eigenvalue weighted by Gasteiger charge is 2.29. The number of nitro benzene ring substituents is 1. The molecule has 0 aliphatic carbocycles. The van der Waals surface area contributed by atoms with Gasteiger partial charge in [-0.25, -0.2) is 4.79 Å². The van der Waals surface area contributed by atoms with Crippen molar-refractivity contribution in [1.29, 1.82) is 0 Å². The summed E-state index contributed by atoms with van der Waals surface area (Å²) in [5.41, 5.74) is 0.160. The molecule has 1 aliphatic heterocycles. The number of hydrogen-bond donors (Lipinski definition) is 2. The molecule has 9 heteroatoms. The third kappa shape index (κ3) is 4.19. The lowest BCUT2D eigenvalue weighted by Gasteiger charge is -2.18. The van der Waals surface area contributed by atoms with Crippen molar-refractivity contribution in [2.24, 2.45) is 5.92 Å². The van der Waals surface area contributed by atoms with Gasteiger partial charge in [0.2, 0.25) is 5.91 Å². The van der Waals surface area contributed by atoms with Crippen molar-refractivity contribution >= 4 is 17.6 Å². The molecule has 130 valence electrons. The monoisotopic (exact) mass is 338 g/mol. The fourth-order valence-corrected chi connectivity index (χ4v) is 2.49. The fourth-order valence-electron chi connectivity index (χ4n) is 2.49. The van der Waals surface area contributed by atoms with Gasteiger partial charge < -0.3 is 19.9 Å². The largest absolute Gasteiger partial charge is 0.496 e. The zero-order chi connectivity index (χ0) is 17.7. The Hall–Kier alpha value is -2.68. The topological polar surface area (TPSA) is 128 Å². The molecule has 1 amide bonds. The quantitative estimate of drug-likeness (QED) is 0.554. The van der Waals surface area contributed by atoms with E-state index in [9.17, 15) is 24.8 Å². The Balaban J connectivity index is 2.17. The normalized spacial score (nSPS) is 18.0. The number of carbonyl (C=O) groups is 2. The summed E-state index contributed by atoms with van der Waals surface area (Å²) in [6.07, 6.45) is 0.414. The van der Waals surface area contributed by atoms with E-state index < -0.39 is 22.8 Å². The number of carboxylic acids is 1. The Bertz CT molecular complexity index is 641. The lowest BCUT2D eigenvalue weighted by molar-refractivity contribution is -0.384. The highest BCUT2D eigenvalue weighted by atomic mass is 16.6. The van der Waals surface area contributed by atoms with E-state index in [1.807, 2.05) is 0 Å². The van der Waals surface area contributed by atoms with E-state index in [1.54, 1.807) is 0 Å². The number of hydrogen-bond acceptors (Lipinski definition) is 6. The lowest BCUT2D eigenvalue weighted by Crippen LogP contribution is -2.45. The van der Waals surface area contributed by atoms with Gasteiger partial charge in [0.15, 0.2) is 0 Å². The average Bonchev–Trinajstić information content (AvgIpc) is 3.08. The zero-order valence-corrected chi connectivity index (χ0v) is 13.1. The highest BCUT2D eigenvalue weighted by molar-refractivity contribution is 5.85. The maximum absolute atomic E-state index is 12.1. The first-order chi connectivity index (χ1) is 11.4. The van der Waals surface area contributed by atoms with Crippen LogP contribution in [0.3, 0.4) is 0 Å². The summed E-state index contributed by atoms with van der Waals surface area (Å²) < 4.78 is 10.2. The third-order valence-electron chi connectivity index (χ3n) is 3.81. The summed E-state index contributed by atoms with van der Waals surface area (Å²) >= 11 is 0. The molecule has 0 bridgehead atoms. The standard InChI is InChI=1S/C15H18N2O7/c1-23-13-3-2-11(17(21)22)6-10(13)7-12(15(19)20)16-14(18)9-4-5-24-8-9/h2-3,6,9,12H,4-5,7-8H2,1H3,(H,16,18)(H,19,20)/t9-,12+/m0/s1. The molecule has 2 atom stereocenters. The van der Waals surface area contributed by atoms with Crippen molar-refractivity contribution in [3.05, 3.63) is 33.9 Å². The van der Waals surface area contributed by atoms with Gasteiger partial charge in [0, 0.05) is 30.7 Å². The fraction of sp³-hybridized carbons (Fsp3) is 0.467. The van der Waals surface area contributed by atoms with Crippen LogP contribution in [-0.2, 0) is 20.7 Å². The zero-order valence-electron chi connectivity index (χ0n) is 13.1. The number of carboxylic acid groups (broad SMARTS) is 1. The van der Waals surface area contributed by atoms with Crippen molar-refractivity contribution in [1.82, 2.24) is 5.32 Å². The minimum atomic E-state index is -1.23. The van der Waals surface area contributed by atoms with Gasteiger partial charge in [-0.15, -0.1) is 0 Å². The molecular formula is C15H18N2O7. The number of amides is 1. The van der Waals surface area contributed by atoms with Crippen LogP contribution < -0.4 is 10.1 Å². The van der Waals surface area contributed by atoms with Crippen LogP contribution in [0.5, 0.6) is 5.75 Å². The number of nitrogens with one attached hydrogen (secondary N) is 1. The smallest absolute Gasteiger partial charge is 0.326 e. The molecule has 2 rings (SSSR count). The second-order valence-corrected chi connectivity index (χ2v) is 5.42. The van der Waals surface area contributed by atoms with Crippen LogP contribution in [-0.4, -0.2) is 48.3 Å². The molecule has 1 aromatic rings. The number of nitro groups is 1. The van der Waals surface area contributed by atoms with Crippen LogP contribution in [0.25, 0.3) is 0 Å². The van der Waals surface area contributed by atoms with Gasteiger partial charge in [-0.2, -0.15) is 0 Å². The molecule has 1 saturated heterocycles. The number of non-ortho nitro benzene ring substituents is 1. The Kier molecular flexibility index (Phi) is 5.69. The number of carbonyl (C=O) groups excluding carboxylic acids is 1. The van der Waals surface area contributed by atoms with Crippen molar-refractivity contribution in [2.45, 2.75) is 18.9 Å². The third-order valence-corrected chi connectivity index (χ3v) is 3.81. The highest BCUT2D eigenvalue weighted by Crippen LogP contribution is 2.25. The van der Waals surface area contributed by atoms with E-state index in [4.69, 9.17) is 9.47 Å². The lowest BCUT2D eigenvalue weighted by atomic mass is 10.0. The van der Waals surface area contributed by atoms with Gasteiger partial charge in [-0.3, -0.25) is 14.9 Å². The minimum absolute atomic E-state index is 0.125. The second kappa shape index (κ2) is 7.73. The van der Waals surface area contributed by atoms with E-state index in [-0.39, 0.29) is 24.6 Å². The van der Waals surface area contributed by atoms with E-state index in [1.165, 1.54) is 25.3 Å². The predicted octanol–water partition coefficient (Wildman–Crippen LogP) is 0.752. The molecule has 24 heavy (non-hydrogen) atoms. The molecule has 1 aromatic carbocycles. The first-order valence-corrected chi connectivity index (χ1v) is 7.34. The van der Waals surface area contributed by atoms with Crippen LogP contribution in [0.15, 0.2) is 18.2 Å². The van der Waals surface area contributed by atoms with Crippen molar-refractivity contribution in [3.8, 4) is 5.75 Å². The van der Waals surface area contributed by atoms with Crippen LogP contribution >= 0.6 is 0 Å². The molecule has 0 unspecified atom stereocenters. The summed E-state index contributed by atoms with van der Waals surface area (Å²) in [5, 5.41) is 22.7. The number of nitrogens with zero attached hydrogens (tertiary/aromatic N) is 1. The van der Waals surface area contributed by atoms with E-state index >= 15 is 0 Å². The molecule has 0 radical (unpaired) electrons. The number of benzene rings is 1. The number of aliphatic carboxylic acids is 1. The van der Waals surface area contributed by atoms with Gasteiger partial charge in [-0.05, 0) is 12.5 Å². The SMILES string of the molecule is COc1ccc([N+](=O)[O-])cc1C[C@@H](NC(=O)[C@H]1CCOC1)C(=O)O. The first kappa shape index (κ1) is 17.7. The van der Waals surface area contributed by atoms with E-state index in [0.717, 1.165) is 0 Å². The van der Waals surface area contributed by atoms with Gasteiger partial charge in [0.05, 0.1) is 24.6 Å². The van der Waals surface area contributed by atoms with Crippen LogP contribution in [0, 0.1) is 16.0 Å². The Labute approximate surface area is 137 Å². The van der Waals surface area contributed by atoms with Gasteiger partial charge in [0.25, 0.3) is 5.69 Å². The number of methoxy groups -OCH3 is 1. The van der Waals surface area contributed by atoms with E-state index in [0.29, 0.717) is 24.3 Å². The Morgan fingerprint density at radius 1 is 1.54 bits per heavy atom. The molecule has 0 aromatic heterocycles. The van der Waals surface area contributed by atoms with Crippen LogP contribution in [0.2, 0.25) is 0 Å². The molecule has 0 saturated carbocycles. The number of ether oxygens (including phenoxy) is 2. The summed E-state index contributed by atoms with van der Waals surface area (Å²) in [6.45, 7) is 0.729. The van der Waals surface area contributed by atoms with Crippen molar-refractivity contribution in [2.75, 3.05) is 20.3 Å². The Morgan fingerprint density at radius 2 is 2.29 bits per heavy atom. The van der Waals surface area contributed by atoms with Gasteiger partial charge in [-0.1, -0.05) is 0 Å². The Morgan fingerprint density at radius 3 is 2.83 bits per heavy atom. The molecule has 1 aliphatic rings. The molecule has 9 nitrogen and oxygen atoms in total. The molecule has 1 heterocycles. The second-order valence-electron chi connectivity index (χ2n) is 5.42. The van der Waals surface area contributed by atoms with Crippen LogP contribution in [0.4, 0.5) is 5.69 Å². The van der Waals surface area contributed by atoms with Crippen LogP contribution in [0.1, 0.15) is 12.0 Å². The van der Waals surface area contributed by atoms with Gasteiger partial charge in [0.1, 0.15) is 11.8 Å². The summed E-state index contributed by atoms with van der Waals surface area (Å²) in [7, 11) is 1.38. The van der Waals surface area contributed by atoms with Crippen molar-refractivity contribution < 1.29 is 29.1 Å². The summed E-state index contributed by atoms with van der Waals surface area (Å²) in [5.74, 6) is -1.68. The number of rotatable bonds is 7.